The monoisotopic (exact) mass is 337 g/mol. The predicted molar refractivity (Wildman–Crippen MR) is 75.6 cm³/mol. The second kappa shape index (κ2) is 5.29. The molecule has 1 N–H and O–H groups in total. The van der Waals surface area contributed by atoms with Crippen molar-refractivity contribution in [1.82, 2.24) is 20.3 Å². The Morgan fingerprint density at radius 2 is 2.30 bits per heavy atom. The molecule has 1 aliphatic rings. The Balaban J connectivity index is 1.81. The Hall–Kier alpha value is -1.80. The van der Waals surface area contributed by atoms with Crippen LogP contribution >= 0.6 is 15.9 Å². The first-order chi connectivity index (χ1) is 9.63. The highest BCUT2D eigenvalue weighted by Crippen LogP contribution is 2.27. The lowest BCUT2D eigenvalue weighted by Gasteiger charge is -2.01. The van der Waals surface area contributed by atoms with Crippen LogP contribution in [0.1, 0.15) is 18.5 Å². The van der Waals surface area contributed by atoms with E-state index in [1.54, 1.807) is 23.0 Å². The third-order valence-corrected chi connectivity index (χ3v) is 3.75. The highest BCUT2D eigenvalue weighted by molar-refractivity contribution is 9.10. The van der Waals surface area contributed by atoms with Gasteiger partial charge in [0.05, 0.1) is 27.0 Å². The van der Waals surface area contributed by atoms with Gasteiger partial charge in [0.15, 0.2) is 0 Å². The third kappa shape index (κ3) is 2.86. The number of nitro groups is 1. The van der Waals surface area contributed by atoms with Crippen LogP contribution in [0.15, 0.2) is 28.9 Å². The van der Waals surface area contributed by atoms with Crippen molar-refractivity contribution in [1.29, 1.82) is 0 Å². The predicted octanol–water partition coefficient (Wildman–Crippen LogP) is 2.19. The Bertz CT molecular complexity index is 653. The second-order valence-corrected chi connectivity index (χ2v) is 5.56. The van der Waals surface area contributed by atoms with E-state index in [1.807, 2.05) is 0 Å². The molecule has 1 aromatic heterocycles. The largest absolute Gasteiger partial charge is 0.308 e. The van der Waals surface area contributed by atoms with E-state index < -0.39 is 4.92 Å². The van der Waals surface area contributed by atoms with Gasteiger partial charge >= 0.3 is 0 Å². The van der Waals surface area contributed by atoms with E-state index in [2.05, 4.69) is 31.6 Å². The minimum Gasteiger partial charge on any atom is -0.308 e. The molecule has 0 saturated heterocycles. The molecular formula is C12H12BrN5O2. The number of aromatic nitrogens is 3. The van der Waals surface area contributed by atoms with Gasteiger partial charge in [0, 0.05) is 18.7 Å². The molecule has 1 aromatic carbocycles. The molecule has 2 aromatic rings. The molecule has 1 saturated carbocycles. The lowest BCUT2D eigenvalue weighted by atomic mass is 10.3. The van der Waals surface area contributed by atoms with Crippen molar-refractivity contribution >= 4 is 21.6 Å². The maximum absolute atomic E-state index is 10.9. The smallest absolute Gasteiger partial charge is 0.285 e. The van der Waals surface area contributed by atoms with E-state index in [0.29, 0.717) is 22.7 Å². The van der Waals surface area contributed by atoms with Crippen molar-refractivity contribution in [2.75, 3.05) is 0 Å². The average molecular weight is 338 g/mol. The molecule has 1 aliphatic carbocycles. The summed E-state index contributed by atoms with van der Waals surface area (Å²) in [7, 11) is 0. The van der Waals surface area contributed by atoms with Crippen LogP contribution in [0.3, 0.4) is 0 Å². The standard InChI is InChI=1S/C12H12BrN5O2/c13-11-4-3-10(5-12(11)18(19)20)17-7-9(15-16-17)6-14-8-1-2-8/h3-5,7-8,14H,1-2,6H2. The lowest BCUT2D eigenvalue weighted by Crippen LogP contribution is -2.15. The zero-order valence-corrected chi connectivity index (χ0v) is 12.1. The van der Waals surface area contributed by atoms with E-state index in [1.165, 1.54) is 18.9 Å². The fourth-order valence-electron chi connectivity index (χ4n) is 1.83. The summed E-state index contributed by atoms with van der Waals surface area (Å²) < 4.78 is 1.99. The number of benzene rings is 1. The highest BCUT2D eigenvalue weighted by atomic mass is 79.9. The van der Waals surface area contributed by atoms with Gasteiger partial charge in [0.25, 0.3) is 5.69 Å². The van der Waals surface area contributed by atoms with Crippen molar-refractivity contribution in [2.45, 2.75) is 25.4 Å². The molecule has 7 nitrogen and oxygen atoms in total. The first-order valence-electron chi connectivity index (χ1n) is 6.22. The number of hydrogen-bond donors (Lipinski definition) is 1. The van der Waals surface area contributed by atoms with E-state index in [0.717, 1.165) is 5.69 Å². The van der Waals surface area contributed by atoms with Crippen LogP contribution in [0.4, 0.5) is 5.69 Å². The van der Waals surface area contributed by atoms with Crippen LogP contribution in [0.25, 0.3) is 5.69 Å². The van der Waals surface area contributed by atoms with Gasteiger partial charge in [-0.3, -0.25) is 10.1 Å². The highest BCUT2D eigenvalue weighted by Gasteiger charge is 2.20. The Kier molecular flexibility index (Phi) is 3.49. The second-order valence-electron chi connectivity index (χ2n) is 4.70. The molecule has 104 valence electrons. The molecule has 0 spiro atoms. The molecule has 20 heavy (non-hydrogen) atoms. The number of hydrogen-bond acceptors (Lipinski definition) is 5. The summed E-state index contributed by atoms with van der Waals surface area (Å²) in [6, 6.07) is 5.46. The van der Waals surface area contributed by atoms with Gasteiger partial charge in [-0.15, -0.1) is 5.10 Å². The van der Waals surface area contributed by atoms with Gasteiger partial charge in [-0.05, 0) is 40.9 Å². The first kappa shape index (κ1) is 13.2. The van der Waals surface area contributed by atoms with E-state index >= 15 is 0 Å². The number of nitrogens with one attached hydrogen (secondary N) is 1. The number of rotatable bonds is 5. The molecule has 3 rings (SSSR count). The van der Waals surface area contributed by atoms with E-state index in [4.69, 9.17) is 0 Å². The average Bonchev–Trinajstić information content (AvgIpc) is 3.14. The zero-order valence-electron chi connectivity index (χ0n) is 10.5. The summed E-state index contributed by atoms with van der Waals surface area (Å²) in [5.74, 6) is 0. The lowest BCUT2D eigenvalue weighted by molar-refractivity contribution is -0.385. The van der Waals surface area contributed by atoms with E-state index in [9.17, 15) is 10.1 Å². The van der Waals surface area contributed by atoms with Crippen LogP contribution < -0.4 is 5.32 Å². The maximum atomic E-state index is 10.9. The Morgan fingerprint density at radius 3 is 3.00 bits per heavy atom. The SMILES string of the molecule is O=[N+]([O-])c1cc(-n2cc(CNC3CC3)nn2)ccc1Br. The summed E-state index contributed by atoms with van der Waals surface area (Å²) in [5, 5.41) is 22.3. The molecule has 1 heterocycles. The topological polar surface area (TPSA) is 85.9 Å². The van der Waals surface area contributed by atoms with Crippen molar-refractivity contribution in [3.8, 4) is 5.69 Å². The number of nitrogens with zero attached hydrogens (tertiary/aromatic N) is 4. The zero-order chi connectivity index (χ0) is 14.1. The van der Waals surface area contributed by atoms with Crippen LogP contribution in [0, 0.1) is 10.1 Å². The summed E-state index contributed by atoms with van der Waals surface area (Å²) in [6.07, 6.45) is 4.21. The van der Waals surface area contributed by atoms with Gasteiger partial charge in [0.2, 0.25) is 0 Å². The van der Waals surface area contributed by atoms with Gasteiger partial charge in [-0.1, -0.05) is 5.21 Å². The molecule has 1 fully saturated rings. The summed E-state index contributed by atoms with van der Waals surface area (Å²) in [6.45, 7) is 0.670. The molecular weight excluding hydrogens is 326 g/mol. The van der Waals surface area contributed by atoms with Gasteiger partial charge in [-0.25, -0.2) is 4.68 Å². The van der Waals surface area contributed by atoms with Crippen LogP contribution in [-0.2, 0) is 6.54 Å². The fourth-order valence-corrected chi connectivity index (χ4v) is 2.22. The van der Waals surface area contributed by atoms with Crippen molar-refractivity contribution in [2.24, 2.45) is 0 Å². The minimum atomic E-state index is -0.430. The van der Waals surface area contributed by atoms with Crippen molar-refractivity contribution in [3.63, 3.8) is 0 Å². The molecule has 0 amide bonds. The van der Waals surface area contributed by atoms with Gasteiger partial charge in [-0.2, -0.15) is 0 Å². The first-order valence-corrected chi connectivity index (χ1v) is 7.02. The maximum Gasteiger partial charge on any atom is 0.285 e. The third-order valence-electron chi connectivity index (χ3n) is 3.08. The quantitative estimate of drug-likeness (QED) is 0.667. The normalized spacial score (nSPS) is 14.4. The van der Waals surface area contributed by atoms with Crippen molar-refractivity contribution < 1.29 is 4.92 Å². The Morgan fingerprint density at radius 1 is 1.50 bits per heavy atom. The summed E-state index contributed by atoms with van der Waals surface area (Å²) in [5.41, 5.74) is 1.45. The van der Waals surface area contributed by atoms with Gasteiger partial charge in [0.1, 0.15) is 0 Å². The fraction of sp³-hybridized carbons (Fsp3) is 0.333. The Labute approximate surface area is 123 Å². The molecule has 0 radical (unpaired) electrons. The van der Waals surface area contributed by atoms with Crippen molar-refractivity contribution in [3.05, 3.63) is 44.7 Å². The van der Waals surface area contributed by atoms with Crippen LogP contribution in [0.5, 0.6) is 0 Å². The van der Waals surface area contributed by atoms with E-state index in [-0.39, 0.29) is 5.69 Å². The van der Waals surface area contributed by atoms with Crippen LogP contribution in [0.2, 0.25) is 0 Å². The summed E-state index contributed by atoms with van der Waals surface area (Å²) in [4.78, 5) is 10.5. The molecule has 0 bridgehead atoms. The molecule has 8 heteroatoms. The number of halogens is 1. The minimum absolute atomic E-state index is 0.00987. The molecule has 0 unspecified atom stereocenters. The van der Waals surface area contributed by atoms with Crippen LogP contribution in [-0.4, -0.2) is 26.0 Å². The molecule has 0 aliphatic heterocycles. The van der Waals surface area contributed by atoms with Gasteiger partial charge < -0.3 is 5.32 Å². The molecule has 0 atom stereocenters. The summed E-state index contributed by atoms with van der Waals surface area (Å²) >= 11 is 3.16. The number of nitro benzene ring substituents is 1.